The Labute approximate surface area is 212 Å². The van der Waals surface area contributed by atoms with Crippen LogP contribution < -0.4 is 10.6 Å². The van der Waals surface area contributed by atoms with Gasteiger partial charge in [0.25, 0.3) is 5.91 Å². The summed E-state index contributed by atoms with van der Waals surface area (Å²) in [5.74, 6) is 0.995. The molecule has 0 radical (unpaired) electrons. The largest absolute Gasteiger partial charge is 0.447 e. The third kappa shape index (κ3) is 6.07. The maximum absolute atomic E-state index is 12.7. The van der Waals surface area contributed by atoms with Gasteiger partial charge in [0, 0.05) is 25.1 Å². The van der Waals surface area contributed by atoms with Gasteiger partial charge in [0.1, 0.15) is 16.5 Å². The number of hydrogen-bond acceptors (Lipinski definition) is 8. The van der Waals surface area contributed by atoms with E-state index in [1.807, 2.05) is 45.9 Å². The van der Waals surface area contributed by atoms with E-state index in [1.165, 1.54) is 17.5 Å². The molecule has 11 heteroatoms. The molecule has 2 amide bonds. The number of amides is 2. The number of ether oxygens (including phenoxy) is 1. The number of carbonyl (C=O) groups is 2. The van der Waals surface area contributed by atoms with Gasteiger partial charge in [-0.1, -0.05) is 35.1 Å². The second kappa shape index (κ2) is 10.6. The molecule has 2 N–H and O–H groups in total. The highest BCUT2D eigenvalue weighted by molar-refractivity contribution is 7.17. The molecule has 0 saturated carbocycles. The number of thiazole rings is 1. The third-order valence-corrected chi connectivity index (χ3v) is 6.71. The number of para-hydroxylation sites is 1. The van der Waals surface area contributed by atoms with Crippen molar-refractivity contribution < 1.29 is 14.3 Å². The Morgan fingerprint density at radius 3 is 2.80 bits per heavy atom. The molecule has 2 aromatic heterocycles. The van der Waals surface area contributed by atoms with E-state index in [-0.39, 0.29) is 24.0 Å². The summed E-state index contributed by atoms with van der Waals surface area (Å²) in [7, 11) is 0. The molecule has 0 spiro atoms. The van der Waals surface area contributed by atoms with Crippen molar-refractivity contribution in [3.05, 3.63) is 57.4 Å². The molecular formula is C24H27ClN6O3S. The van der Waals surface area contributed by atoms with Gasteiger partial charge in [-0.05, 0) is 45.7 Å². The third-order valence-electron chi connectivity index (χ3n) is 5.48. The highest BCUT2D eigenvalue weighted by atomic mass is 35.5. The van der Waals surface area contributed by atoms with E-state index in [9.17, 15) is 9.59 Å². The Hall–Kier alpha value is -3.24. The lowest BCUT2D eigenvalue weighted by Gasteiger charge is -2.18. The minimum Gasteiger partial charge on any atom is -0.447 e. The molecule has 0 bridgehead atoms. The standard InChI is InChI=1S/C24H27ClN6O3S/c1-13(2)34-24(33)31-9-8-16(12-31)18-10-20(28-15(4)27-18)29-23-26-11-19(35-23)22(32)30-21-14(3)6-5-7-17(21)25/h5-7,10-11,13,16H,8-9,12H2,1-4H3,(H,30,32)(H,26,27,28,29). The summed E-state index contributed by atoms with van der Waals surface area (Å²) in [5, 5.41) is 7.04. The van der Waals surface area contributed by atoms with E-state index in [2.05, 4.69) is 25.6 Å². The number of aromatic nitrogens is 3. The molecule has 4 rings (SSSR count). The van der Waals surface area contributed by atoms with Gasteiger partial charge >= 0.3 is 6.09 Å². The van der Waals surface area contributed by atoms with Crippen molar-refractivity contribution in [2.45, 2.75) is 46.1 Å². The first-order valence-corrected chi connectivity index (χ1v) is 12.5. The summed E-state index contributed by atoms with van der Waals surface area (Å²) in [5.41, 5.74) is 2.31. The lowest BCUT2D eigenvalue weighted by molar-refractivity contribution is 0.0832. The predicted molar refractivity (Wildman–Crippen MR) is 137 cm³/mol. The van der Waals surface area contributed by atoms with Crippen LogP contribution in [-0.4, -0.2) is 51.0 Å². The van der Waals surface area contributed by atoms with Crippen molar-refractivity contribution in [3.63, 3.8) is 0 Å². The van der Waals surface area contributed by atoms with Gasteiger partial charge in [-0.15, -0.1) is 0 Å². The van der Waals surface area contributed by atoms with Crippen LogP contribution in [0.5, 0.6) is 0 Å². The molecule has 1 aliphatic rings. The first-order chi connectivity index (χ1) is 16.7. The molecule has 35 heavy (non-hydrogen) atoms. The van der Waals surface area contributed by atoms with Crippen LogP contribution in [-0.2, 0) is 4.74 Å². The zero-order chi connectivity index (χ0) is 25.1. The number of anilines is 3. The molecule has 1 aromatic carbocycles. The molecule has 1 aliphatic heterocycles. The van der Waals surface area contributed by atoms with Gasteiger partial charge < -0.3 is 20.3 Å². The van der Waals surface area contributed by atoms with Gasteiger partial charge in [-0.25, -0.2) is 19.7 Å². The number of likely N-dealkylation sites (tertiary alicyclic amines) is 1. The Morgan fingerprint density at radius 2 is 2.06 bits per heavy atom. The van der Waals surface area contributed by atoms with E-state index < -0.39 is 0 Å². The number of nitrogens with zero attached hydrogens (tertiary/aromatic N) is 4. The monoisotopic (exact) mass is 514 g/mol. The SMILES string of the molecule is Cc1nc(Nc2ncc(C(=O)Nc3c(C)cccc3Cl)s2)cc(C2CCN(C(=O)OC(C)C)C2)n1. The average molecular weight is 515 g/mol. The molecule has 1 fully saturated rings. The summed E-state index contributed by atoms with van der Waals surface area (Å²) in [4.78, 5) is 40.5. The van der Waals surface area contributed by atoms with Crippen molar-refractivity contribution in [2.75, 3.05) is 23.7 Å². The van der Waals surface area contributed by atoms with E-state index in [4.69, 9.17) is 16.3 Å². The average Bonchev–Trinajstić information content (AvgIpc) is 3.46. The molecule has 184 valence electrons. The maximum atomic E-state index is 12.7. The van der Waals surface area contributed by atoms with Crippen LogP contribution in [0.4, 0.5) is 21.4 Å². The Balaban J connectivity index is 1.43. The number of aryl methyl sites for hydroxylation is 2. The number of hydrogen-bond donors (Lipinski definition) is 2. The van der Waals surface area contributed by atoms with Crippen LogP contribution in [0.2, 0.25) is 5.02 Å². The Kier molecular flexibility index (Phi) is 7.51. The number of nitrogens with one attached hydrogen (secondary N) is 2. The van der Waals surface area contributed by atoms with Gasteiger partial charge in [-0.3, -0.25) is 4.79 Å². The van der Waals surface area contributed by atoms with Crippen molar-refractivity contribution in [2.24, 2.45) is 0 Å². The second-order valence-corrected chi connectivity index (χ2v) is 10.1. The van der Waals surface area contributed by atoms with Crippen molar-refractivity contribution in [3.8, 4) is 0 Å². The second-order valence-electron chi connectivity index (χ2n) is 8.63. The number of carbonyl (C=O) groups excluding carboxylic acids is 2. The lowest BCUT2D eigenvalue weighted by atomic mass is 10.0. The smallest absolute Gasteiger partial charge is 0.410 e. The van der Waals surface area contributed by atoms with E-state index in [0.29, 0.717) is 45.5 Å². The van der Waals surface area contributed by atoms with Crippen molar-refractivity contribution in [1.29, 1.82) is 0 Å². The van der Waals surface area contributed by atoms with Crippen LogP contribution in [0.1, 0.15) is 52.9 Å². The molecule has 1 unspecified atom stereocenters. The van der Waals surface area contributed by atoms with Crippen molar-refractivity contribution >= 4 is 51.6 Å². The first-order valence-electron chi connectivity index (χ1n) is 11.3. The topological polar surface area (TPSA) is 109 Å². The molecule has 3 aromatic rings. The highest BCUT2D eigenvalue weighted by Crippen LogP contribution is 2.30. The predicted octanol–water partition coefficient (Wildman–Crippen LogP) is 5.53. The zero-order valence-electron chi connectivity index (χ0n) is 20.0. The normalized spacial score (nSPS) is 15.4. The van der Waals surface area contributed by atoms with E-state index >= 15 is 0 Å². The number of benzene rings is 1. The molecule has 1 atom stereocenters. The summed E-state index contributed by atoms with van der Waals surface area (Å²) in [6.45, 7) is 8.54. The van der Waals surface area contributed by atoms with Crippen molar-refractivity contribution in [1.82, 2.24) is 19.9 Å². The highest BCUT2D eigenvalue weighted by Gasteiger charge is 2.30. The summed E-state index contributed by atoms with van der Waals surface area (Å²) in [6.07, 6.45) is 1.86. The van der Waals surface area contributed by atoms with E-state index in [0.717, 1.165) is 17.7 Å². The van der Waals surface area contributed by atoms with E-state index in [1.54, 1.807) is 11.0 Å². The molecule has 3 heterocycles. The first kappa shape index (κ1) is 24.9. The van der Waals surface area contributed by atoms with Gasteiger partial charge in [0.05, 0.1) is 28.7 Å². The summed E-state index contributed by atoms with van der Waals surface area (Å²) >= 11 is 7.44. The van der Waals surface area contributed by atoms with Crippen LogP contribution in [0.3, 0.4) is 0 Å². The van der Waals surface area contributed by atoms with Crippen LogP contribution >= 0.6 is 22.9 Å². The summed E-state index contributed by atoms with van der Waals surface area (Å²) in [6, 6.07) is 7.31. The number of halogens is 1. The minimum absolute atomic E-state index is 0.0912. The molecule has 9 nitrogen and oxygen atoms in total. The fraction of sp³-hybridized carbons (Fsp3) is 0.375. The molecule has 0 aliphatic carbocycles. The van der Waals surface area contributed by atoms with Crippen LogP contribution in [0.25, 0.3) is 0 Å². The maximum Gasteiger partial charge on any atom is 0.410 e. The fourth-order valence-electron chi connectivity index (χ4n) is 3.82. The summed E-state index contributed by atoms with van der Waals surface area (Å²) < 4.78 is 5.31. The van der Waals surface area contributed by atoms with Gasteiger partial charge in [-0.2, -0.15) is 0 Å². The van der Waals surface area contributed by atoms with Gasteiger partial charge in [0.2, 0.25) is 0 Å². The minimum atomic E-state index is -0.299. The lowest BCUT2D eigenvalue weighted by Crippen LogP contribution is -2.31. The van der Waals surface area contributed by atoms with Crippen LogP contribution in [0, 0.1) is 13.8 Å². The molecule has 1 saturated heterocycles. The number of rotatable bonds is 6. The zero-order valence-corrected chi connectivity index (χ0v) is 21.5. The Bertz CT molecular complexity index is 1230. The fourth-order valence-corrected chi connectivity index (χ4v) is 4.81. The quantitative estimate of drug-likeness (QED) is 0.444. The van der Waals surface area contributed by atoms with Gasteiger partial charge in [0.15, 0.2) is 5.13 Å². The van der Waals surface area contributed by atoms with Crippen LogP contribution in [0.15, 0.2) is 30.5 Å². The Morgan fingerprint density at radius 1 is 1.26 bits per heavy atom. The molecular weight excluding hydrogens is 488 g/mol.